The standard InChI is InChI=1S/C25H20N2O3S2/c1-17-7-9-19(10-8-17)32(28,29)27-15-22(21-5-3-4-6-23(21)30-2)24-20(11-13-26-25(24)27)18-12-14-31-16-18/h3-16H,1-2H3. The van der Waals surface area contributed by atoms with Gasteiger partial charge in [-0.1, -0.05) is 35.9 Å². The monoisotopic (exact) mass is 460 g/mol. The van der Waals surface area contributed by atoms with Crippen LogP contribution in [0.5, 0.6) is 5.75 Å². The second-order valence-corrected chi connectivity index (χ2v) is 10.0. The second kappa shape index (κ2) is 7.93. The fourth-order valence-corrected chi connectivity index (χ4v) is 5.84. The summed E-state index contributed by atoms with van der Waals surface area (Å²) in [6.07, 6.45) is 3.31. The van der Waals surface area contributed by atoms with Crippen LogP contribution < -0.4 is 4.74 Å². The normalized spacial score (nSPS) is 11.7. The maximum absolute atomic E-state index is 13.6. The van der Waals surface area contributed by atoms with Crippen LogP contribution in [-0.2, 0) is 10.0 Å². The Bertz CT molecular complexity index is 1520. The van der Waals surface area contributed by atoms with E-state index >= 15 is 0 Å². The Morgan fingerprint density at radius 2 is 1.72 bits per heavy atom. The van der Waals surface area contributed by atoms with E-state index in [2.05, 4.69) is 4.98 Å². The van der Waals surface area contributed by atoms with Crippen molar-refractivity contribution in [3.63, 3.8) is 0 Å². The van der Waals surface area contributed by atoms with E-state index in [1.165, 1.54) is 3.97 Å². The van der Waals surface area contributed by atoms with Crippen LogP contribution in [0, 0.1) is 6.92 Å². The fraction of sp³-hybridized carbons (Fsp3) is 0.0800. The van der Waals surface area contributed by atoms with E-state index in [0.29, 0.717) is 11.4 Å². The maximum Gasteiger partial charge on any atom is 0.269 e. The Balaban J connectivity index is 1.87. The number of pyridine rings is 1. The summed E-state index contributed by atoms with van der Waals surface area (Å²) in [7, 11) is -2.25. The quantitative estimate of drug-likeness (QED) is 0.323. The lowest BCUT2D eigenvalue weighted by atomic mass is 9.99. The van der Waals surface area contributed by atoms with Gasteiger partial charge < -0.3 is 4.74 Å². The third-order valence-corrected chi connectivity index (χ3v) is 7.81. The zero-order valence-corrected chi connectivity index (χ0v) is 19.2. The number of ether oxygens (including phenoxy) is 1. The molecule has 5 aromatic rings. The van der Waals surface area contributed by atoms with Crippen LogP contribution in [0.2, 0.25) is 0 Å². The van der Waals surface area contributed by atoms with E-state index in [4.69, 9.17) is 4.74 Å². The molecular weight excluding hydrogens is 440 g/mol. The highest BCUT2D eigenvalue weighted by Crippen LogP contribution is 2.41. The molecule has 2 aromatic carbocycles. The molecule has 0 saturated heterocycles. The van der Waals surface area contributed by atoms with Gasteiger partial charge in [0.15, 0.2) is 5.65 Å². The summed E-state index contributed by atoms with van der Waals surface area (Å²) < 4.78 is 34.2. The van der Waals surface area contributed by atoms with Crippen LogP contribution in [0.1, 0.15) is 5.56 Å². The first-order valence-electron chi connectivity index (χ1n) is 9.99. The van der Waals surface area contributed by atoms with E-state index < -0.39 is 10.0 Å². The van der Waals surface area contributed by atoms with Crippen molar-refractivity contribution in [1.29, 1.82) is 0 Å². The summed E-state index contributed by atoms with van der Waals surface area (Å²) in [6, 6.07) is 18.4. The Kier molecular flexibility index (Phi) is 5.07. The van der Waals surface area contributed by atoms with Crippen LogP contribution >= 0.6 is 11.3 Å². The minimum absolute atomic E-state index is 0.217. The smallest absolute Gasteiger partial charge is 0.269 e. The van der Waals surface area contributed by atoms with Crippen molar-refractivity contribution in [2.24, 2.45) is 0 Å². The average molecular weight is 461 g/mol. The molecular formula is C25H20N2O3S2. The third kappa shape index (κ3) is 3.30. The van der Waals surface area contributed by atoms with Gasteiger partial charge in [-0.15, -0.1) is 0 Å². The molecule has 0 saturated carbocycles. The lowest BCUT2D eigenvalue weighted by Gasteiger charge is -2.09. The predicted octanol–water partition coefficient (Wildman–Crippen LogP) is 5.99. The van der Waals surface area contributed by atoms with E-state index in [9.17, 15) is 8.42 Å². The van der Waals surface area contributed by atoms with Crippen LogP contribution in [0.3, 0.4) is 0 Å². The molecule has 0 N–H and O–H groups in total. The van der Waals surface area contributed by atoms with Gasteiger partial charge in [0.2, 0.25) is 0 Å². The van der Waals surface area contributed by atoms with Gasteiger partial charge >= 0.3 is 0 Å². The zero-order valence-electron chi connectivity index (χ0n) is 17.5. The number of hydrogen-bond acceptors (Lipinski definition) is 5. The number of aryl methyl sites for hydroxylation is 1. The summed E-state index contributed by atoms with van der Waals surface area (Å²) in [5.41, 5.74) is 4.88. The van der Waals surface area contributed by atoms with Crippen molar-refractivity contribution in [3.8, 4) is 28.0 Å². The van der Waals surface area contributed by atoms with E-state index in [-0.39, 0.29) is 4.90 Å². The SMILES string of the molecule is COc1ccccc1-c1cn(S(=O)(=O)c2ccc(C)cc2)c2nccc(-c3ccsc3)c12. The summed E-state index contributed by atoms with van der Waals surface area (Å²) in [5, 5.41) is 4.82. The van der Waals surface area contributed by atoms with Crippen molar-refractivity contribution in [1.82, 2.24) is 8.96 Å². The number of para-hydroxylation sites is 1. The molecule has 7 heteroatoms. The van der Waals surface area contributed by atoms with E-state index in [1.54, 1.807) is 55.1 Å². The van der Waals surface area contributed by atoms with Crippen molar-refractivity contribution < 1.29 is 13.2 Å². The molecule has 0 aliphatic rings. The lowest BCUT2D eigenvalue weighted by Crippen LogP contribution is -2.12. The number of thiophene rings is 1. The summed E-state index contributed by atoms with van der Waals surface area (Å²) in [4.78, 5) is 4.73. The second-order valence-electron chi connectivity index (χ2n) is 7.43. The number of aromatic nitrogens is 2. The Morgan fingerprint density at radius 3 is 2.44 bits per heavy atom. The number of nitrogens with zero attached hydrogens (tertiary/aromatic N) is 2. The Hall–Kier alpha value is -3.42. The fourth-order valence-electron chi connectivity index (χ4n) is 3.86. The largest absolute Gasteiger partial charge is 0.496 e. The first-order chi connectivity index (χ1) is 15.5. The van der Waals surface area contributed by atoms with Crippen LogP contribution in [0.25, 0.3) is 33.3 Å². The third-order valence-electron chi connectivity index (χ3n) is 5.46. The van der Waals surface area contributed by atoms with E-state index in [1.807, 2.05) is 54.1 Å². The molecule has 0 unspecified atom stereocenters. The summed E-state index contributed by atoms with van der Waals surface area (Å²) in [5.74, 6) is 0.666. The molecule has 0 atom stereocenters. The maximum atomic E-state index is 13.6. The van der Waals surface area contributed by atoms with Crippen molar-refractivity contribution >= 4 is 32.4 Å². The van der Waals surface area contributed by atoms with Gasteiger partial charge in [0.05, 0.1) is 12.0 Å². The van der Waals surface area contributed by atoms with Gasteiger partial charge in [0.1, 0.15) is 5.75 Å². The van der Waals surface area contributed by atoms with Crippen molar-refractivity contribution in [2.45, 2.75) is 11.8 Å². The molecule has 32 heavy (non-hydrogen) atoms. The van der Waals surface area contributed by atoms with Gasteiger partial charge in [0, 0.05) is 28.9 Å². The van der Waals surface area contributed by atoms with Crippen molar-refractivity contribution in [3.05, 3.63) is 89.4 Å². The highest BCUT2D eigenvalue weighted by molar-refractivity contribution is 7.90. The highest BCUT2D eigenvalue weighted by atomic mass is 32.2. The topological polar surface area (TPSA) is 61.2 Å². The molecule has 3 heterocycles. The van der Waals surface area contributed by atoms with Gasteiger partial charge in [-0.25, -0.2) is 17.4 Å². The molecule has 5 rings (SSSR count). The van der Waals surface area contributed by atoms with Crippen LogP contribution in [0.15, 0.2) is 88.7 Å². The van der Waals surface area contributed by atoms with Gasteiger partial charge in [-0.2, -0.15) is 11.3 Å². The minimum atomic E-state index is -3.86. The molecule has 0 radical (unpaired) electrons. The van der Waals surface area contributed by atoms with Crippen molar-refractivity contribution in [2.75, 3.05) is 7.11 Å². The molecule has 0 bridgehead atoms. The van der Waals surface area contributed by atoms with Gasteiger partial charge in [-0.3, -0.25) is 0 Å². The minimum Gasteiger partial charge on any atom is -0.496 e. The molecule has 0 fully saturated rings. The summed E-state index contributed by atoms with van der Waals surface area (Å²) >= 11 is 1.59. The zero-order chi connectivity index (χ0) is 22.3. The van der Waals surface area contributed by atoms with Crippen LogP contribution in [-0.4, -0.2) is 24.5 Å². The number of rotatable bonds is 5. The number of fused-ring (bicyclic) bond motifs is 1. The first-order valence-corrected chi connectivity index (χ1v) is 12.4. The number of benzene rings is 2. The number of hydrogen-bond donors (Lipinski definition) is 0. The van der Waals surface area contributed by atoms with Gasteiger partial charge in [0.25, 0.3) is 10.0 Å². The Morgan fingerprint density at radius 1 is 0.938 bits per heavy atom. The number of methoxy groups -OCH3 is 1. The molecule has 0 aliphatic heterocycles. The lowest BCUT2D eigenvalue weighted by molar-refractivity contribution is 0.416. The molecule has 3 aromatic heterocycles. The molecule has 0 spiro atoms. The predicted molar refractivity (Wildman–Crippen MR) is 129 cm³/mol. The summed E-state index contributed by atoms with van der Waals surface area (Å²) in [6.45, 7) is 1.93. The average Bonchev–Trinajstić information content (AvgIpc) is 3.48. The molecule has 0 amide bonds. The molecule has 5 nitrogen and oxygen atoms in total. The first kappa shape index (κ1) is 20.5. The highest BCUT2D eigenvalue weighted by Gasteiger charge is 2.25. The van der Waals surface area contributed by atoms with Crippen LogP contribution in [0.4, 0.5) is 0 Å². The Labute approximate surface area is 190 Å². The molecule has 0 aliphatic carbocycles. The van der Waals surface area contributed by atoms with Gasteiger partial charge in [-0.05, 0) is 59.1 Å². The van der Waals surface area contributed by atoms with E-state index in [0.717, 1.165) is 33.2 Å². The molecule has 160 valence electrons.